The molecule has 2 nitrogen and oxygen atoms in total. The highest BCUT2D eigenvalue weighted by atomic mass is 16.3. The van der Waals surface area contributed by atoms with E-state index in [4.69, 9.17) is 0 Å². The number of aromatic hydroxyl groups is 1. The summed E-state index contributed by atoms with van der Waals surface area (Å²) in [6, 6.07) is 10.3. The maximum absolute atomic E-state index is 9.40. The largest absolute Gasteiger partial charge is 0.506 e. The quantitative estimate of drug-likeness (QED) is 0.826. The van der Waals surface area contributed by atoms with Gasteiger partial charge in [0.15, 0.2) is 0 Å². The zero-order valence-corrected chi connectivity index (χ0v) is 8.93. The number of hydrogen-bond donors (Lipinski definition) is 1. The third kappa shape index (κ3) is 1.78. The average Bonchev–Trinajstić information content (AvgIpc) is 3.13. The third-order valence-electron chi connectivity index (χ3n) is 2.99. The van der Waals surface area contributed by atoms with E-state index in [9.17, 15) is 5.11 Å². The fourth-order valence-electron chi connectivity index (χ4n) is 1.97. The van der Waals surface area contributed by atoms with Gasteiger partial charge in [0.05, 0.1) is 6.20 Å². The smallest absolute Gasteiger partial charge is 0.134 e. The summed E-state index contributed by atoms with van der Waals surface area (Å²) in [5, 5.41) is 9.40. The van der Waals surface area contributed by atoms with Crippen LogP contribution in [0, 0.1) is 0 Å². The van der Waals surface area contributed by atoms with Gasteiger partial charge >= 0.3 is 0 Å². The highest BCUT2D eigenvalue weighted by molar-refractivity contribution is 5.64. The van der Waals surface area contributed by atoms with E-state index in [0.29, 0.717) is 0 Å². The van der Waals surface area contributed by atoms with Crippen LogP contribution in [-0.4, -0.2) is 10.1 Å². The Morgan fingerprint density at radius 3 is 2.69 bits per heavy atom. The summed E-state index contributed by atoms with van der Waals surface area (Å²) in [5.74, 6) is 0.972. The first kappa shape index (κ1) is 9.40. The van der Waals surface area contributed by atoms with Gasteiger partial charge in [-0.3, -0.25) is 4.98 Å². The van der Waals surface area contributed by atoms with Crippen molar-refractivity contribution in [2.75, 3.05) is 0 Å². The zero-order chi connectivity index (χ0) is 11.0. The topological polar surface area (TPSA) is 33.1 Å². The van der Waals surface area contributed by atoms with E-state index in [1.54, 1.807) is 12.3 Å². The van der Waals surface area contributed by atoms with Gasteiger partial charge in [-0.2, -0.15) is 0 Å². The van der Waals surface area contributed by atoms with Crippen LogP contribution in [0.4, 0.5) is 0 Å². The fourth-order valence-corrected chi connectivity index (χ4v) is 1.97. The Kier molecular flexibility index (Phi) is 2.13. The molecule has 0 radical (unpaired) electrons. The Morgan fingerprint density at radius 1 is 1.06 bits per heavy atom. The summed E-state index contributed by atoms with van der Waals surface area (Å²) in [6.07, 6.45) is 5.85. The van der Waals surface area contributed by atoms with Crippen molar-refractivity contribution < 1.29 is 5.11 Å². The molecule has 2 heteroatoms. The van der Waals surface area contributed by atoms with Gasteiger partial charge in [-0.1, -0.05) is 24.3 Å². The lowest BCUT2D eigenvalue weighted by molar-refractivity contribution is 0.473. The molecule has 0 atom stereocenters. The second kappa shape index (κ2) is 3.63. The molecule has 1 saturated carbocycles. The van der Waals surface area contributed by atoms with Crippen LogP contribution in [-0.2, 0) is 0 Å². The SMILES string of the molecule is Oc1cncc(-c2cccc(C3CC3)c2)c1. The molecule has 1 N–H and O–H groups in total. The highest BCUT2D eigenvalue weighted by Crippen LogP contribution is 2.41. The maximum Gasteiger partial charge on any atom is 0.134 e. The van der Waals surface area contributed by atoms with Crippen LogP contribution in [0.5, 0.6) is 5.75 Å². The van der Waals surface area contributed by atoms with Gasteiger partial charge in [0.2, 0.25) is 0 Å². The van der Waals surface area contributed by atoms with Gasteiger partial charge in [0.25, 0.3) is 0 Å². The second-order valence-corrected chi connectivity index (χ2v) is 4.33. The number of hydrogen-bond acceptors (Lipinski definition) is 2. The van der Waals surface area contributed by atoms with Crippen molar-refractivity contribution in [2.45, 2.75) is 18.8 Å². The summed E-state index contributed by atoms with van der Waals surface area (Å²) < 4.78 is 0. The van der Waals surface area contributed by atoms with Gasteiger partial charge in [-0.25, -0.2) is 0 Å². The lowest BCUT2D eigenvalue weighted by Crippen LogP contribution is -1.83. The van der Waals surface area contributed by atoms with Crippen molar-refractivity contribution in [3.8, 4) is 16.9 Å². The van der Waals surface area contributed by atoms with Crippen LogP contribution in [0.25, 0.3) is 11.1 Å². The van der Waals surface area contributed by atoms with E-state index in [-0.39, 0.29) is 5.75 Å². The first-order valence-corrected chi connectivity index (χ1v) is 5.57. The van der Waals surface area contributed by atoms with E-state index in [2.05, 4.69) is 29.2 Å². The number of aromatic nitrogens is 1. The molecule has 16 heavy (non-hydrogen) atoms. The Hall–Kier alpha value is -1.83. The van der Waals surface area contributed by atoms with Crippen molar-refractivity contribution in [2.24, 2.45) is 0 Å². The number of benzene rings is 1. The van der Waals surface area contributed by atoms with Crippen LogP contribution in [0.3, 0.4) is 0 Å². The predicted octanol–water partition coefficient (Wildman–Crippen LogP) is 3.33. The molecule has 1 heterocycles. The third-order valence-corrected chi connectivity index (χ3v) is 2.99. The Bertz CT molecular complexity index is 518. The van der Waals surface area contributed by atoms with E-state index < -0.39 is 0 Å². The number of rotatable bonds is 2. The second-order valence-electron chi connectivity index (χ2n) is 4.33. The molecule has 0 bridgehead atoms. The highest BCUT2D eigenvalue weighted by Gasteiger charge is 2.23. The van der Waals surface area contributed by atoms with Crippen LogP contribution >= 0.6 is 0 Å². The van der Waals surface area contributed by atoms with Crippen molar-refractivity contribution in [1.82, 2.24) is 4.98 Å². The minimum Gasteiger partial charge on any atom is -0.506 e. The van der Waals surface area contributed by atoms with Crippen molar-refractivity contribution in [1.29, 1.82) is 0 Å². The lowest BCUT2D eigenvalue weighted by Gasteiger charge is -2.04. The van der Waals surface area contributed by atoms with Crippen molar-refractivity contribution in [3.63, 3.8) is 0 Å². The molecular formula is C14H13NO. The molecule has 1 aliphatic rings. The minimum atomic E-state index is 0.217. The van der Waals surface area contributed by atoms with Gasteiger partial charge in [0.1, 0.15) is 5.75 Å². The van der Waals surface area contributed by atoms with Crippen LogP contribution in [0.1, 0.15) is 24.3 Å². The van der Waals surface area contributed by atoms with E-state index in [0.717, 1.165) is 17.0 Å². The number of pyridine rings is 1. The monoisotopic (exact) mass is 211 g/mol. The molecule has 2 aromatic rings. The van der Waals surface area contributed by atoms with E-state index >= 15 is 0 Å². The average molecular weight is 211 g/mol. The molecule has 0 unspecified atom stereocenters. The standard InChI is InChI=1S/C14H13NO/c16-14-7-13(8-15-9-14)12-3-1-2-11(6-12)10-4-5-10/h1-3,6-10,16H,4-5H2. The Balaban J connectivity index is 2.02. The maximum atomic E-state index is 9.40. The normalized spacial score (nSPS) is 15.0. The molecular weight excluding hydrogens is 198 g/mol. The van der Waals surface area contributed by atoms with Gasteiger partial charge in [-0.05, 0) is 36.0 Å². The van der Waals surface area contributed by atoms with E-state index in [1.165, 1.54) is 24.6 Å². The summed E-state index contributed by atoms with van der Waals surface area (Å²) in [6.45, 7) is 0. The molecule has 0 spiro atoms. The molecule has 1 fully saturated rings. The molecule has 80 valence electrons. The molecule has 0 amide bonds. The molecule has 0 aliphatic heterocycles. The summed E-state index contributed by atoms with van der Waals surface area (Å²) in [7, 11) is 0. The van der Waals surface area contributed by atoms with Crippen LogP contribution < -0.4 is 0 Å². The first-order chi connectivity index (χ1) is 7.83. The molecule has 1 aromatic carbocycles. The molecule has 0 saturated heterocycles. The Labute approximate surface area is 94.6 Å². The minimum absolute atomic E-state index is 0.217. The Morgan fingerprint density at radius 2 is 1.94 bits per heavy atom. The molecule has 1 aromatic heterocycles. The number of nitrogens with zero attached hydrogens (tertiary/aromatic N) is 1. The van der Waals surface area contributed by atoms with Gasteiger partial charge in [-0.15, -0.1) is 0 Å². The first-order valence-electron chi connectivity index (χ1n) is 5.57. The predicted molar refractivity (Wildman–Crippen MR) is 63.3 cm³/mol. The van der Waals surface area contributed by atoms with Gasteiger partial charge in [0, 0.05) is 11.8 Å². The van der Waals surface area contributed by atoms with Crippen LogP contribution in [0.2, 0.25) is 0 Å². The fraction of sp³-hybridized carbons (Fsp3) is 0.214. The summed E-state index contributed by atoms with van der Waals surface area (Å²) in [5.41, 5.74) is 3.51. The molecule has 3 rings (SSSR count). The van der Waals surface area contributed by atoms with Crippen LogP contribution in [0.15, 0.2) is 42.7 Å². The van der Waals surface area contributed by atoms with Gasteiger partial charge < -0.3 is 5.11 Å². The zero-order valence-electron chi connectivity index (χ0n) is 8.93. The lowest BCUT2D eigenvalue weighted by atomic mass is 10.0. The van der Waals surface area contributed by atoms with Crippen molar-refractivity contribution >= 4 is 0 Å². The summed E-state index contributed by atoms with van der Waals surface area (Å²) in [4.78, 5) is 4.00. The van der Waals surface area contributed by atoms with E-state index in [1.807, 2.05) is 0 Å². The summed E-state index contributed by atoms with van der Waals surface area (Å²) >= 11 is 0. The van der Waals surface area contributed by atoms with Crippen molar-refractivity contribution in [3.05, 3.63) is 48.3 Å². The molecule has 1 aliphatic carbocycles.